The van der Waals surface area contributed by atoms with Crippen molar-refractivity contribution in [2.24, 2.45) is 5.92 Å². The number of amides is 1. The highest BCUT2D eigenvalue weighted by atomic mass is 16.5. The van der Waals surface area contributed by atoms with Crippen LogP contribution in [0.15, 0.2) is 4.52 Å². The van der Waals surface area contributed by atoms with Gasteiger partial charge in [0.2, 0.25) is 11.8 Å². The van der Waals surface area contributed by atoms with Gasteiger partial charge in [0.05, 0.1) is 6.61 Å². The molecule has 3 aliphatic rings. The first-order chi connectivity index (χ1) is 11.3. The summed E-state index contributed by atoms with van der Waals surface area (Å²) in [6.45, 7) is 0.610. The van der Waals surface area contributed by atoms with Gasteiger partial charge >= 0.3 is 0 Å². The topological polar surface area (TPSA) is 68.5 Å². The van der Waals surface area contributed by atoms with Crippen molar-refractivity contribution in [2.75, 3.05) is 13.7 Å². The molecule has 1 aliphatic carbocycles. The SMILES string of the molecule is COCCc1noc(C2C[C@H]3CC[C@@H](C2)N3C(=O)C2CCC2)n1. The van der Waals surface area contributed by atoms with Crippen LogP contribution in [-0.4, -0.2) is 46.7 Å². The summed E-state index contributed by atoms with van der Waals surface area (Å²) in [6, 6.07) is 0.752. The molecule has 3 fully saturated rings. The number of carbonyl (C=O) groups is 1. The highest BCUT2D eigenvalue weighted by Crippen LogP contribution is 2.44. The second kappa shape index (κ2) is 6.23. The van der Waals surface area contributed by atoms with E-state index in [1.807, 2.05) is 0 Å². The van der Waals surface area contributed by atoms with Gasteiger partial charge in [-0.1, -0.05) is 11.6 Å². The first-order valence-corrected chi connectivity index (χ1v) is 8.90. The summed E-state index contributed by atoms with van der Waals surface area (Å²) in [5.74, 6) is 2.50. The lowest BCUT2D eigenvalue weighted by molar-refractivity contribution is -0.143. The Kier molecular flexibility index (Phi) is 4.09. The Balaban J connectivity index is 1.42. The van der Waals surface area contributed by atoms with Gasteiger partial charge in [0.1, 0.15) is 0 Å². The van der Waals surface area contributed by atoms with Crippen LogP contribution in [0, 0.1) is 5.92 Å². The summed E-state index contributed by atoms with van der Waals surface area (Å²) in [5, 5.41) is 4.06. The van der Waals surface area contributed by atoms with E-state index in [1.165, 1.54) is 6.42 Å². The van der Waals surface area contributed by atoms with Crippen LogP contribution in [0.25, 0.3) is 0 Å². The smallest absolute Gasteiger partial charge is 0.229 e. The Bertz CT molecular complexity index is 555. The lowest BCUT2D eigenvalue weighted by Gasteiger charge is -2.41. The largest absolute Gasteiger partial charge is 0.384 e. The van der Waals surface area contributed by atoms with Gasteiger partial charge in [-0.15, -0.1) is 0 Å². The molecule has 4 rings (SSSR count). The van der Waals surface area contributed by atoms with Crippen molar-refractivity contribution in [2.45, 2.75) is 69.4 Å². The van der Waals surface area contributed by atoms with Crippen LogP contribution in [-0.2, 0) is 16.0 Å². The molecule has 1 saturated carbocycles. The second-order valence-corrected chi connectivity index (χ2v) is 7.22. The van der Waals surface area contributed by atoms with Crippen molar-refractivity contribution in [3.63, 3.8) is 0 Å². The molecule has 6 nitrogen and oxygen atoms in total. The van der Waals surface area contributed by atoms with E-state index in [0.717, 1.165) is 50.2 Å². The van der Waals surface area contributed by atoms with Gasteiger partial charge in [0.25, 0.3) is 0 Å². The maximum atomic E-state index is 12.7. The number of rotatable bonds is 5. The van der Waals surface area contributed by atoms with E-state index in [9.17, 15) is 4.79 Å². The number of nitrogens with zero attached hydrogens (tertiary/aromatic N) is 3. The molecule has 2 aliphatic heterocycles. The number of carbonyl (C=O) groups excluding carboxylic acids is 1. The number of ether oxygens (including phenoxy) is 1. The number of aromatic nitrogens is 2. The van der Waals surface area contributed by atoms with Gasteiger partial charge in [0.15, 0.2) is 5.82 Å². The Labute approximate surface area is 136 Å². The average Bonchev–Trinajstić information content (AvgIpc) is 3.06. The van der Waals surface area contributed by atoms with Gasteiger partial charge in [0, 0.05) is 37.5 Å². The highest BCUT2D eigenvalue weighted by molar-refractivity contribution is 5.80. The van der Waals surface area contributed by atoms with Crippen LogP contribution in [0.4, 0.5) is 0 Å². The van der Waals surface area contributed by atoms with E-state index < -0.39 is 0 Å². The number of methoxy groups -OCH3 is 1. The molecule has 3 heterocycles. The van der Waals surface area contributed by atoms with Gasteiger partial charge in [-0.3, -0.25) is 4.79 Å². The monoisotopic (exact) mass is 319 g/mol. The fraction of sp³-hybridized carbons (Fsp3) is 0.824. The molecular formula is C17H25N3O3. The average molecular weight is 319 g/mol. The molecule has 1 amide bonds. The van der Waals surface area contributed by atoms with Gasteiger partial charge in [-0.2, -0.15) is 4.98 Å². The summed E-state index contributed by atoms with van der Waals surface area (Å²) in [7, 11) is 1.67. The zero-order valence-corrected chi connectivity index (χ0v) is 13.7. The highest BCUT2D eigenvalue weighted by Gasteiger charge is 2.46. The van der Waals surface area contributed by atoms with Crippen LogP contribution in [0.5, 0.6) is 0 Å². The molecule has 0 spiro atoms. The lowest BCUT2D eigenvalue weighted by Crippen LogP contribution is -2.49. The molecule has 0 N–H and O–H groups in total. The minimum absolute atomic E-state index is 0.304. The molecule has 1 aromatic heterocycles. The van der Waals surface area contributed by atoms with Crippen LogP contribution in [0.3, 0.4) is 0 Å². The first kappa shape index (κ1) is 15.1. The molecule has 6 heteroatoms. The zero-order chi connectivity index (χ0) is 15.8. The second-order valence-electron chi connectivity index (χ2n) is 7.22. The molecule has 1 unspecified atom stereocenters. The van der Waals surface area contributed by atoms with Gasteiger partial charge in [-0.05, 0) is 38.5 Å². The summed E-state index contributed by atoms with van der Waals surface area (Å²) in [5.41, 5.74) is 0. The van der Waals surface area contributed by atoms with Crippen LogP contribution in [0.2, 0.25) is 0 Å². The maximum absolute atomic E-state index is 12.7. The van der Waals surface area contributed by atoms with Crippen molar-refractivity contribution < 1.29 is 14.1 Å². The van der Waals surface area contributed by atoms with Crippen LogP contribution in [0.1, 0.15) is 62.6 Å². The minimum atomic E-state index is 0.304. The summed E-state index contributed by atoms with van der Waals surface area (Å²) >= 11 is 0. The molecule has 3 atom stereocenters. The molecule has 0 radical (unpaired) electrons. The zero-order valence-electron chi connectivity index (χ0n) is 13.7. The van der Waals surface area contributed by atoms with Crippen molar-refractivity contribution >= 4 is 5.91 Å². The van der Waals surface area contributed by atoms with E-state index in [4.69, 9.17) is 9.26 Å². The normalized spacial score (nSPS) is 30.5. The lowest BCUT2D eigenvalue weighted by atomic mass is 9.82. The van der Waals surface area contributed by atoms with E-state index in [-0.39, 0.29) is 0 Å². The molecule has 126 valence electrons. The summed E-state index contributed by atoms with van der Waals surface area (Å²) < 4.78 is 10.5. The Morgan fingerprint density at radius 1 is 1.26 bits per heavy atom. The number of hydrogen-bond acceptors (Lipinski definition) is 5. The maximum Gasteiger partial charge on any atom is 0.229 e. The predicted octanol–water partition coefficient (Wildman–Crippen LogP) is 2.30. The van der Waals surface area contributed by atoms with E-state index >= 15 is 0 Å². The Hall–Kier alpha value is -1.43. The molecule has 1 aromatic rings. The third-order valence-corrected chi connectivity index (χ3v) is 5.80. The fourth-order valence-electron chi connectivity index (χ4n) is 4.33. The minimum Gasteiger partial charge on any atom is -0.384 e. The number of fused-ring (bicyclic) bond motifs is 2. The third kappa shape index (κ3) is 2.77. The molecule has 2 saturated heterocycles. The summed E-state index contributed by atoms with van der Waals surface area (Å²) in [4.78, 5) is 19.4. The van der Waals surface area contributed by atoms with Crippen LogP contribution < -0.4 is 0 Å². The fourth-order valence-corrected chi connectivity index (χ4v) is 4.33. The van der Waals surface area contributed by atoms with E-state index in [0.29, 0.717) is 42.9 Å². The van der Waals surface area contributed by atoms with E-state index in [1.54, 1.807) is 7.11 Å². The van der Waals surface area contributed by atoms with Crippen LogP contribution >= 0.6 is 0 Å². The van der Waals surface area contributed by atoms with Crippen molar-refractivity contribution in [3.8, 4) is 0 Å². The van der Waals surface area contributed by atoms with Crippen molar-refractivity contribution in [1.29, 1.82) is 0 Å². The third-order valence-electron chi connectivity index (χ3n) is 5.80. The van der Waals surface area contributed by atoms with Crippen molar-refractivity contribution in [3.05, 3.63) is 11.7 Å². The summed E-state index contributed by atoms with van der Waals surface area (Å²) in [6.07, 6.45) is 8.28. The number of hydrogen-bond donors (Lipinski definition) is 0. The molecule has 0 aromatic carbocycles. The van der Waals surface area contributed by atoms with Crippen molar-refractivity contribution in [1.82, 2.24) is 15.0 Å². The molecule has 2 bridgehead atoms. The van der Waals surface area contributed by atoms with E-state index in [2.05, 4.69) is 15.0 Å². The predicted molar refractivity (Wildman–Crippen MR) is 82.9 cm³/mol. The Morgan fingerprint density at radius 3 is 2.61 bits per heavy atom. The standard InChI is InChI=1S/C17H25N3O3/c1-22-8-7-15-18-16(23-19-15)12-9-13-5-6-14(10-12)20(13)17(21)11-3-2-4-11/h11-14H,2-10H2,1H3/t12?,13-,14+. The number of piperidine rings is 1. The quantitative estimate of drug-likeness (QED) is 0.833. The Morgan fingerprint density at radius 2 is 2.00 bits per heavy atom. The van der Waals surface area contributed by atoms with Gasteiger partial charge in [-0.25, -0.2) is 0 Å². The first-order valence-electron chi connectivity index (χ1n) is 8.90. The molecular weight excluding hydrogens is 294 g/mol. The van der Waals surface area contributed by atoms with Gasteiger partial charge < -0.3 is 14.2 Å². The molecule has 23 heavy (non-hydrogen) atoms.